The number of ketones is 2. The molecule has 2 N–H and O–H groups in total. The van der Waals surface area contributed by atoms with Gasteiger partial charge in [0.2, 0.25) is 0 Å². The van der Waals surface area contributed by atoms with Crippen LogP contribution in [-0.2, 0) is 33.6 Å². The molecule has 0 aromatic heterocycles. The van der Waals surface area contributed by atoms with Gasteiger partial charge in [-0.1, -0.05) is 18.6 Å². The van der Waals surface area contributed by atoms with Crippen molar-refractivity contribution in [1.82, 2.24) is 0 Å². The molecule has 0 radical (unpaired) electrons. The molecule has 9 nitrogen and oxygen atoms in total. The Hall–Kier alpha value is -1.50. The first-order valence-corrected chi connectivity index (χ1v) is 13.2. The molecule has 194 valence electrons. The average molecular weight is 515 g/mol. The van der Waals surface area contributed by atoms with E-state index < -0.39 is 74.7 Å². The van der Waals surface area contributed by atoms with E-state index in [1.54, 1.807) is 27.7 Å². The van der Waals surface area contributed by atoms with Crippen LogP contribution in [0.1, 0.15) is 53.4 Å². The van der Waals surface area contributed by atoms with Gasteiger partial charge in [0.1, 0.15) is 12.7 Å². The lowest BCUT2D eigenvalue weighted by Crippen LogP contribution is -2.70. The lowest BCUT2D eigenvalue weighted by molar-refractivity contribution is -0.242. The maximum atomic E-state index is 17.7. The Balaban J connectivity index is 1.71. The molecule has 0 bridgehead atoms. The monoisotopic (exact) mass is 514 g/mol. The number of carbonyl (C=O) groups is 2. The minimum absolute atomic E-state index is 0.262. The van der Waals surface area contributed by atoms with Crippen molar-refractivity contribution in [2.75, 3.05) is 6.61 Å². The van der Waals surface area contributed by atoms with E-state index in [-0.39, 0.29) is 25.0 Å². The van der Waals surface area contributed by atoms with Crippen molar-refractivity contribution < 1.29 is 45.7 Å². The van der Waals surface area contributed by atoms with Crippen molar-refractivity contribution in [3.63, 3.8) is 0 Å². The molecule has 3 saturated carbocycles. The summed E-state index contributed by atoms with van der Waals surface area (Å²) in [6, 6.07) is 0. The number of ether oxygens (including phenoxy) is 2. The Kier molecular flexibility index (Phi) is 5.24. The number of alkyl halides is 1. The number of fused-ring (bicyclic) bond motifs is 7. The highest BCUT2D eigenvalue weighted by molar-refractivity contribution is 7.80. The molecule has 11 heteroatoms. The molecule has 0 aromatic carbocycles. The average Bonchev–Trinajstić information content (AvgIpc) is 3.14. The number of hydrogen-bond acceptors (Lipinski definition) is 8. The van der Waals surface area contributed by atoms with Gasteiger partial charge in [0.15, 0.2) is 28.6 Å². The second-order valence-electron chi connectivity index (χ2n) is 11.4. The van der Waals surface area contributed by atoms with Gasteiger partial charge in [0.05, 0.1) is 6.10 Å². The van der Waals surface area contributed by atoms with Crippen LogP contribution in [0.25, 0.3) is 0 Å². The smallest absolute Gasteiger partial charge is 0.388 e. The number of aliphatic hydroxyl groups is 1. The van der Waals surface area contributed by atoms with Crippen LogP contribution in [0.15, 0.2) is 23.8 Å². The van der Waals surface area contributed by atoms with Crippen molar-refractivity contribution in [2.24, 2.45) is 22.7 Å². The third-order valence-corrected chi connectivity index (χ3v) is 9.88. The van der Waals surface area contributed by atoms with Crippen LogP contribution < -0.4 is 0 Å². The van der Waals surface area contributed by atoms with Crippen LogP contribution in [0.5, 0.6) is 0 Å². The standard InChI is InChI=1S/C24H31FO9S/c1-20(2)32-18-10-16-15-6-5-13-9-14(27)7-8-21(13,3)23(15,25)19(33-35(29,30)31)11-22(16,4)24(18,34-20)17(28)12-26/h7-9,15-16,18-19,26H,5-6,10-12H2,1-4H3,(H,29,30,31). The van der Waals surface area contributed by atoms with Crippen LogP contribution >= 0.6 is 0 Å². The van der Waals surface area contributed by atoms with E-state index in [9.17, 15) is 27.7 Å². The van der Waals surface area contributed by atoms with Gasteiger partial charge in [-0.05, 0) is 64.5 Å². The van der Waals surface area contributed by atoms with Gasteiger partial charge in [-0.25, -0.2) is 8.57 Å². The van der Waals surface area contributed by atoms with Crippen LogP contribution in [-0.4, -0.2) is 65.5 Å². The molecule has 0 amide bonds. The van der Waals surface area contributed by atoms with Crippen LogP contribution in [0.3, 0.4) is 0 Å². The Morgan fingerprint density at radius 2 is 1.94 bits per heavy atom. The highest BCUT2D eigenvalue weighted by Gasteiger charge is 2.80. The van der Waals surface area contributed by atoms with E-state index in [4.69, 9.17) is 13.7 Å². The summed E-state index contributed by atoms with van der Waals surface area (Å²) in [5, 5.41) is 9.89. The predicted molar refractivity (Wildman–Crippen MR) is 119 cm³/mol. The maximum Gasteiger partial charge on any atom is 0.397 e. The molecule has 35 heavy (non-hydrogen) atoms. The van der Waals surface area contributed by atoms with Crippen molar-refractivity contribution in [2.45, 2.75) is 82.6 Å². The molecule has 8 atom stereocenters. The van der Waals surface area contributed by atoms with E-state index in [2.05, 4.69) is 0 Å². The third-order valence-electron chi connectivity index (χ3n) is 9.41. The van der Waals surface area contributed by atoms with Crippen LogP contribution in [0, 0.1) is 22.7 Å². The second kappa shape index (κ2) is 7.29. The Morgan fingerprint density at radius 1 is 1.26 bits per heavy atom. The molecule has 0 aromatic rings. The van der Waals surface area contributed by atoms with Crippen molar-refractivity contribution >= 4 is 22.0 Å². The lowest BCUT2D eigenvalue weighted by Gasteiger charge is -2.63. The fraction of sp³-hybridized carbons (Fsp3) is 0.750. The zero-order chi connectivity index (χ0) is 25.8. The number of rotatable bonds is 4. The van der Waals surface area contributed by atoms with Gasteiger partial charge in [0.25, 0.3) is 0 Å². The molecule has 5 aliphatic rings. The van der Waals surface area contributed by atoms with Gasteiger partial charge in [-0.2, -0.15) is 8.42 Å². The largest absolute Gasteiger partial charge is 0.397 e. The second-order valence-corrected chi connectivity index (χ2v) is 12.5. The van der Waals surface area contributed by atoms with Crippen LogP contribution in [0.4, 0.5) is 4.39 Å². The number of carbonyl (C=O) groups excluding carboxylic acids is 2. The van der Waals surface area contributed by atoms with Gasteiger partial charge in [-0.3, -0.25) is 14.1 Å². The number of allylic oxidation sites excluding steroid dienone is 4. The Morgan fingerprint density at radius 3 is 2.57 bits per heavy atom. The summed E-state index contributed by atoms with van der Waals surface area (Å²) in [6.45, 7) is 5.80. The first-order valence-electron chi connectivity index (χ1n) is 11.8. The first kappa shape index (κ1) is 25.2. The van der Waals surface area contributed by atoms with Crippen molar-refractivity contribution in [3.05, 3.63) is 23.8 Å². The van der Waals surface area contributed by atoms with E-state index in [1.807, 2.05) is 0 Å². The number of hydrogen-bond donors (Lipinski definition) is 2. The molecule has 1 aliphatic heterocycles. The van der Waals surface area contributed by atoms with Gasteiger partial charge < -0.3 is 14.6 Å². The summed E-state index contributed by atoms with van der Waals surface area (Å²) in [6.07, 6.45) is 2.26. The molecule has 1 saturated heterocycles. The number of aliphatic hydroxyl groups excluding tert-OH is 1. The van der Waals surface area contributed by atoms with E-state index in [1.165, 1.54) is 18.2 Å². The van der Waals surface area contributed by atoms with Gasteiger partial charge >= 0.3 is 10.4 Å². The zero-order valence-corrected chi connectivity index (χ0v) is 20.9. The zero-order valence-electron chi connectivity index (χ0n) is 20.1. The maximum absolute atomic E-state index is 17.7. The van der Waals surface area contributed by atoms with Crippen molar-refractivity contribution in [1.29, 1.82) is 0 Å². The number of halogens is 1. The third kappa shape index (κ3) is 3.12. The summed E-state index contributed by atoms with van der Waals surface area (Å²) in [5.74, 6) is -3.36. The van der Waals surface area contributed by atoms with E-state index in [0.717, 1.165) is 0 Å². The molecule has 1 heterocycles. The lowest BCUT2D eigenvalue weighted by atomic mass is 9.44. The summed E-state index contributed by atoms with van der Waals surface area (Å²) >= 11 is 0. The molecular weight excluding hydrogens is 483 g/mol. The highest BCUT2D eigenvalue weighted by atomic mass is 32.3. The topological polar surface area (TPSA) is 136 Å². The SMILES string of the molecule is CC1(C)OC2CC3C4CCC5=CC(=O)C=CC5(C)C4(F)C(OS(=O)(=O)O)CC3(C)C2(C(=O)CO)O1. The molecule has 5 rings (SSSR count). The first-order chi connectivity index (χ1) is 16.0. The summed E-state index contributed by atoms with van der Waals surface area (Å²) in [4.78, 5) is 25.4. The van der Waals surface area contributed by atoms with Crippen LogP contribution in [0.2, 0.25) is 0 Å². The molecule has 8 unspecified atom stereocenters. The fourth-order valence-corrected chi connectivity index (χ4v) is 8.64. The minimum atomic E-state index is -5.09. The van der Waals surface area contributed by atoms with E-state index in [0.29, 0.717) is 12.0 Å². The molecular formula is C24H31FO9S. The predicted octanol–water partition coefficient (Wildman–Crippen LogP) is 2.25. The highest BCUT2D eigenvalue weighted by Crippen LogP contribution is 2.72. The molecule has 4 aliphatic carbocycles. The normalized spacial score (nSPS) is 48.0. The Bertz CT molecular complexity index is 1160. The quantitative estimate of drug-likeness (QED) is 0.541. The Labute approximate surface area is 203 Å². The number of Topliss-reactive ketones (excluding diaryl/α,β-unsaturated/α-hetero) is 1. The fourth-order valence-electron chi connectivity index (χ4n) is 8.14. The summed E-state index contributed by atoms with van der Waals surface area (Å²) < 4.78 is 68.6. The summed E-state index contributed by atoms with van der Waals surface area (Å²) in [5.41, 5.74) is -5.98. The molecule has 0 spiro atoms. The van der Waals surface area contributed by atoms with Gasteiger partial charge in [-0.15, -0.1) is 0 Å². The van der Waals surface area contributed by atoms with Gasteiger partial charge in [0, 0.05) is 16.7 Å². The van der Waals surface area contributed by atoms with E-state index >= 15 is 4.39 Å². The van der Waals surface area contributed by atoms with Crippen molar-refractivity contribution in [3.8, 4) is 0 Å². The summed E-state index contributed by atoms with van der Waals surface area (Å²) in [7, 11) is -5.09. The minimum Gasteiger partial charge on any atom is -0.388 e. The molecule has 4 fully saturated rings.